The fourth-order valence-corrected chi connectivity index (χ4v) is 1.81. The summed E-state index contributed by atoms with van der Waals surface area (Å²) in [6.45, 7) is 0. The molecule has 1 unspecified atom stereocenters. The summed E-state index contributed by atoms with van der Waals surface area (Å²) < 4.78 is 35.7. The van der Waals surface area contributed by atoms with Crippen LogP contribution in [0.4, 0.5) is 8.78 Å². The first-order valence-corrected chi connectivity index (χ1v) is 6.01. The molecule has 0 aliphatic heterocycles. The van der Waals surface area contributed by atoms with E-state index in [2.05, 4.69) is 0 Å². The van der Waals surface area contributed by atoms with Crippen LogP contribution >= 0.6 is 7.60 Å². The number of hydrogen-bond acceptors (Lipinski definition) is 2. The number of aliphatic carboxylic acids is 1. The predicted molar refractivity (Wildman–Crippen MR) is 54.5 cm³/mol. The zero-order chi connectivity index (χ0) is 13.2. The SMILES string of the molecule is O=C(O)C(c1ccc(P(=O)(O)O)cc1)C(F)F. The van der Waals surface area contributed by atoms with Gasteiger partial charge in [0.1, 0.15) is 5.92 Å². The van der Waals surface area contributed by atoms with Crippen molar-refractivity contribution in [3.8, 4) is 0 Å². The van der Waals surface area contributed by atoms with Crippen molar-refractivity contribution in [2.75, 3.05) is 0 Å². The lowest BCUT2D eigenvalue weighted by atomic mass is 10.0. The van der Waals surface area contributed by atoms with Crippen molar-refractivity contribution in [3.05, 3.63) is 29.8 Å². The van der Waals surface area contributed by atoms with E-state index in [-0.39, 0.29) is 10.9 Å². The minimum absolute atomic E-state index is 0.204. The van der Waals surface area contributed by atoms with Gasteiger partial charge >= 0.3 is 13.6 Å². The number of halogens is 2. The summed E-state index contributed by atoms with van der Waals surface area (Å²) in [6.07, 6.45) is -3.09. The molecule has 5 nitrogen and oxygen atoms in total. The highest BCUT2D eigenvalue weighted by Gasteiger charge is 2.30. The van der Waals surface area contributed by atoms with E-state index in [1.807, 2.05) is 0 Å². The van der Waals surface area contributed by atoms with E-state index in [1.54, 1.807) is 0 Å². The lowest BCUT2D eigenvalue weighted by Crippen LogP contribution is -2.20. The van der Waals surface area contributed by atoms with Crippen LogP contribution in [-0.4, -0.2) is 27.3 Å². The Labute approximate surface area is 94.9 Å². The van der Waals surface area contributed by atoms with Crippen LogP contribution in [0.2, 0.25) is 0 Å². The molecule has 94 valence electrons. The third-order valence-corrected chi connectivity index (χ3v) is 3.08. The van der Waals surface area contributed by atoms with Gasteiger partial charge in [-0.05, 0) is 17.7 Å². The molecule has 0 radical (unpaired) electrons. The van der Waals surface area contributed by atoms with Crippen molar-refractivity contribution in [1.29, 1.82) is 0 Å². The Morgan fingerprint density at radius 1 is 1.18 bits per heavy atom. The van der Waals surface area contributed by atoms with E-state index in [0.717, 1.165) is 24.3 Å². The zero-order valence-electron chi connectivity index (χ0n) is 8.33. The van der Waals surface area contributed by atoms with Crippen molar-refractivity contribution in [2.24, 2.45) is 0 Å². The molecular formula is C9H9F2O5P. The molecule has 0 aliphatic carbocycles. The first-order valence-electron chi connectivity index (χ1n) is 4.40. The summed E-state index contributed by atoms with van der Waals surface area (Å²) in [4.78, 5) is 28.2. The molecule has 17 heavy (non-hydrogen) atoms. The summed E-state index contributed by atoms with van der Waals surface area (Å²) in [6, 6.07) is 3.82. The second-order valence-electron chi connectivity index (χ2n) is 3.29. The maximum atomic E-state index is 12.4. The van der Waals surface area contributed by atoms with Gasteiger partial charge < -0.3 is 14.9 Å². The Morgan fingerprint density at radius 2 is 1.65 bits per heavy atom. The van der Waals surface area contributed by atoms with E-state index in [1.165, 1.54) is 0 Å². The molecule has 0 aromatic heterocycles. The van der Waals surface area contributed by atoms with Gasteiger partial charge in [-0.15, -0.1) is 0 Å². The van der Waals surface area contributed by atoms with Crippen LogP contribution in [0.1, 0.15) is 11.5 Å². The lowest BCUT2D eigenvalue weighted by molar-refractivity contribution is -0.142. The number of alkyl halides is 2. The van der Waals surface area contributed by atoms with Crippen molar-refractivity contribution >= 4 is 18.9 Å². The van der Waals surface area contributed by atoms with Gasteiger partial charge in [0, 0.05) is 0 Å². The molecule has 0 saturated carbocycles. The Hall–Kier alpha value is -1.30. The highest BCUT2D eigenvalue weighted by molar-refractivity contribution is 7.60. The topological polar surface area (TPSA) is 94.8 Å². The largest absolute Gasteiger partial charge is 0.481 e. The number of hydrogen-bond donors (Lipinski definition) is 3. The van der Waals surface area contributed by atoms with Gasteiger partial charge in [0.25, 0.3) is 6.43 Å². The molecule has 0 amide bonds. The molecule has 0 fully saturated rings. The first kappa shape index (κ1) is 13.8. The predicted octanol–water partition coefficient (Wildman–Crippen LogP) is 0.923. The molecule has 0 spiro atoms. The molecule has 0 aliphatic rings. The van der Waals surface area contributed by atoms with Crippen LogP contribution in [0.3, 0.4) is 0 Å². The molecule has 0 heterocycles. The van der Waals surface area contributed by atoms with Gasteiger partial charge in [-0.1, -0.05) is 12.1 Å². The summed E-state index contributed by atoms with van der Waals surface area (Å²) in [5.41, 5.74) is -0.204. The van der Waals surface area contributed by atoms with Crippen LogP contribution in [-0.2, 0) is 9.36 Å². The minimum Gasteiger partial charge on any atom is -0.481 e. The van der Waals surface area contributed by atoms with Gasteiger partial charge in [-0.25, -0.2) is 8.78 Å². The Balaban J connectivity index is 3.09. The smallest absolute Gasteiger partial charge is 0.356 e. The van der Waals surface area contributed by atoms with E-state index in [0.29, 0.717) is 0 Å². The maximum absolute atomic E-state index is 12.4. The quantitative estimate of drug-likeness (QED) is 0.704. The highest BCUT2D eigenvalue weighted by atomic mass is 31.2. The Kier molecular flexibility index (Phi) is 3.98. The molecular weight excluding hydrogens is 257 g/mol. The van der Waals surface area contributed by atoms with Crippen molar-refractivity contribution < 1.29 is 33.0 Å². The third-order valence-electron chi connectivity index (χ3n) is 2.11. The summed E-state index contributed by atoms with van der Waals surface area (Å²) in [7, 11) is -4.45. The number of carboxylic acid groups (broad SMARTS) is 1. The van der Waals surface area contributed by atoms with E-state index >= 15 is 0 Å². The average Bonchev–Trinajstić information content (AvgIpc) is 2.15. The lowest BCUT2D eigenvalue weighted by Gasteiger charge is -2.12. The summed E-state index contributed by atoms with van der Waals surface area (Å²) in [5.74, 6) is -3.69. The van der Waals surface area contributed by atoms with Crippen LogP contribution in [0.15, 0.2) is 24.3 Å². The van der Waals surface area contributed by atoms with E-state index in [4.69, 9.17) is 14.9 Å². The van der Waals surface area contributed by atoms with Crippen LogP contribution in [0.25, 0.3) is 0 Å². The Bertz CT molecular complexity index is 453. The van der Waals surface area contributed by atoms with E-state index in [9.17, 15) is 18.1 Å². The molecule has 0 saturated heterocycles. The summed E-state index contributed by atoms with van der Waals surface area (Å²) >= 11 is 0. The van der Waals surface area contributed by atoms with Gasteiger partial charge in [-0.2, -0.15) is 0 Å². The molecule has 8 heteroatoms. The number of benzene rings is 1. The standard InChI is InChI=1S/C9H9F2O5P/c10-8(11)7(9(12)13)5-1-3-6(4-2-5)17(14,15)16/h1-4,7-8H,(H,12,13)(H2,14,15,16). The first-order chi connectivity index (χ1) is 7.73. The summed E-state index contributed by atoms with van der Waals surface area (Å²) in [5, 5.41) is 8.25. The fourth-order valence-electron chi connectivity index (χ4n) is 1.27. The molecule has 1 rings (SSSR count). The highest BCUT2D eigenvalue weighted by Crippen LogP contribution is 2.33. The molecule has 1 atom stereocenters. The van der Waals surface area contributed by atoms with Gasteiger partial charge in [0.2, 0.25) is 0 Å². The van der Waals surface area contributed by atoms with Gasteiger partial charge in [-0.3, -0.25) is 9.36 Å². The van der Waals surface area contributed by atoms with Crippen molar-refractivity contribution in [2.45, 2.75) is 12.3 Å². The number of carbonyl (C=O) groups is 1. The van der Waals surface area contributed by atoms with Gasteiger partial charge in [0.15, 0.2) is 0 Å². The minimum atomic E-state index is -4.45. The van der Waals surface area contributed by atoms with E-state index < -0.39 is 25.9 Å². The normalized spacial score (nSPS) is 13.7. The second kappa shape index (κ2) is 4.91. The number of rotatable bonds is 4. The second-order valence-corrected chi connectivity index (χ2v) is 4.89. The van der Waals surface area contributed by atoms with Crippen LogP contribution in [0, 0.1) is 0 Å². The average molecular weight is 266 g/mol. The maximum Gasteiger partial charge on any atom is 0.356 e. The van der Waals surface area contributed by atoms with Crippen LogP contribution in [0.5, 0.6) is 0 Å². The molecule has 1 aromatic rings. The fraction of sp³-hybridized carbons (Fsp3) is 0.222. The van der Waals surface area contributed by atoms with Crippen molar-refractivity contribution in [3.63, 3.8) is 0 Å². The Morgan fingerprint density at radius 3 is 1.94 bits per heavy atom. The third kappa shape index (κ3) is 3.33. The van der Waals surface area contributed by atoms with Crippen LogP contribution < -0.4 is 5.30 Å². The molecule has 0 bridgehead atoms. The zero-order valence-corrected chi connectivity index (χ0v) is 9.22. The van der Waals surface area contributed by atoms with Crippen molar-refractivity contribution in [1.82, 2.24) is 0 Å². The molecule has 1 aromatic carbocycles. The van der Waals surface area contributed by atoms with Gasteiger partial charge in [0.05, 0.1) is 5.30 Å². The molecule has 3 N–H and O–H groups in total. The monoisotopic (exact) mass is 266 g/mol. The number of carboxylic acids is 1.